The highest BCUT2D eigenvalue weighted by atomic mass is 32.2. The van der Waals surface area contributed by atoms with Gasteiger partial charge in [-0.3, -0.25) is 4.72 Å². The first-order valence-corrected chi connectivity index (χ1v) is 10.6. The predicted octanol–water partition coefficient (Wildman–Crippen LogP) is 4.30. The fourth-order valence-electron chi connectivity index (χ4n) is 2.95. The Kier molecular flexibility index (Phi) is 5.38. The van der Waals surface area contributed by atoms with Crippen molar-refractivity contribution in [3.05, 3.63) is 85.0 Å². The Morgan fingerprint density at radius 3 is 2.26 bits per heavy atom. The third-order valence-electron chi connectivity index (χ3n) is 4.39. The summed E-state index contributed by atoms with van der Waals surface area (Å²) in [6.07, 6.45) is 5.29. The molecule has 2 N–H and O–H groups in total. The van der Waals surface area contributed by atoms with Crippen molar-refractivity contribution in [2.75, 3.05) is 10.0 Å². The molecule has 2 aromatic heterocycles. The Bertz CT molecular complexity index is 1320. The van der Waals surface area contributed by atoms with Gasteiger partial charge in [-0.15, -0.1) is 0 Å². The molecule has 0 amide bonds. The first-order valence-electron chi connectivity index (χ1n) is 9.10. The van der Waals surface area contributed by atoms with Crippen molar-refractivity contribution in [3.63, 3.8) is 0 Å². The van der Waals surface area contributed by atoms with Gasteiger partial charge in [0.25, 0.3) is 10.0 Å². The van der Waals surface area contributed by atoms with Crippen molar-refractivity contribution in [3.8, 4) is 11.3 Å². The van der Waals surface area contributed by atoms with Crippen LogP contribution in [0.25, 0.3) is 11.3 Å². The molecule has 0 radical (unpaired) electrons. The molecule has 10 heteroatoms. The minimum atomic E-state index is -4.42. The van der Waals surface area contributed by atoms with Gasteiger partial charge in [-0.1, -0.05) is 6.07 Å². The third kappa shape index (κ3) is 4.53. The SMILES string of the molecule is Cn1ccc(-c2cc(Nc3ccc(NS(=O)(=O)c4c(F)cccc4F)cc3)ncn2)c1. The number of nitrogens with one attached hydrogen (secondary N) is 2. The number of sulfonamides is 1. The van der Waals surface area contributed by atoms with Crippen molar-refractivity contribution < 1.29 is 17.2 Å². The molecule has 4 aromatic rings. The molecule has 0 unspecified atom stereocenters. The van der Waals surface area contributed by atoms with E-state index in [-0.39, 0.29) is 5.69 Å². The zero-order valence-electron chi connectivity index (χ0n) is 16.3. The summed E-state index contributed by atoms with van der Waals surface area (Å²) in [5, 5.41) is 3.11. The molecular weight excluding hydrogens is 424 g/mol. The molecule has 0 fully saturated rings. The molecule has 2 aromatic carbocycles. The molecule has 0 bridgehead atoms. The van der Waals surface area contributed by atoms with Crippen molar-refractivity contribution in [2.45, 2.75) is 4.90 Å². The normalized spacial score (nSPS) is 11.3. The summed E-state index contributed by atoms with van der Waals surface area (Å²) in [5.74, 6) is -1.77. The molecule has 0 atom stereocenters. The second-order valence-corrected chi connectivity index (χ2v) is 8.33. The summed E-state index contributed by atoms with van der Waals surface area (Å²) in [7, 11) is -2.51. The highest BCUT2D eigenvalue weighted by Gasteiger charge is 2.23. The molecule has 0 spiro atoms. The van der Waals surface area contributed by atoms with Crippen LogP contribution in [0.4, 0.5) is 26.0 Å². The van der Waals surface area contributed by atoms with Crippen LogP contribution >= 0.6 is 0 Å². The van der Waals surface area contributed by atoms with Gasteiger partial charge >= 0.3 is 0 Å². The predicted molar refractivity (Wildman–Crippen MR) is 113 cm³/mol. The first kappa shape index (κ1) is 20.5. The van der Waals surface area contributed by atoms with Gasteiger partial charge in [0.05, 0.1) is 5.69 Å². The summed E-state index contributed by atoms with van der Waals surface area (Å²) < 4.78 is 56.5. The Labute approximate surface area is 177 Å². The third-order valence-corrected chi connectivity index (χ3v) is 5.82. The van der Waals surface area contributed by atoms with Gasteiger partial charge in [-0.25, -0.2) is 27.2 Å². The molecule has 2 heterocycles. The van der Waals surface area contributed by atoms with E-state index in [0.717, 1.165) is 29.5 Å². The standard InChI is InChI=1S/C21H17F2N5O2S/c1-28-10-9-14(12-28)19-11-20(25-13-24-19)26-15-5-7-16(8-6-15)27-31(29,30)21-17(22)3-2-4-18(21)23/h2-13,27H,1H3,(H,24,25,26). The zero-order valence-corrected chi connectivity index (χ0v) is 17.1. The van der Waals surface area contributed by atoms with E-state index in [1.54, 1.807) is 18.2 Å². The van der Waals surface area contributed by atoms with E-state index >= 15 is 0 Å². The Morgan fingerprint density at radius 2 is 1.61 bits per heavy atom. The molecule has 31 heavy (non-hydrogen) atoms. The van der Waals surface area contributed by atoms with E-state index in [1.165, 1.54) is 18.5 Å². The number of hydrogen-bond acceptors (Lipinski definition) is 5. The summed E-state index contributed by atoms with van der Waals surface area (Å²) in [6, 6.07) is 12.8. The van der Waals surface area contributed by atoms with Crippen LogP contribution in [0.1, 0.15) is 0 Å². The topological polar surface area (TPSA) is 88.9 Å². The molecule has 0 aliphatic rings. The van der Waals surface area contributed by atoms with E-state index in [4.69, 9.17) is 0 Å². The molecule has 158 valence electrons. The first-order chi connectivity index (χ1) is 14.8. The highest BCUT2D eigenvalue weighted by molar-refractivity contribution is 7.92. The largest absolute Gasteiger partial charge is 0.357 e. The van der Waals surface area contributed by atoms with Gasteiger partial charge in [-0.2, -0.15) is 0 Å². The lowest BCUT2D eigenvalue weighted by molar-refractivity contribution is 0.521. The van der Waals surface area contributed by atoms with Gasteiger partial charge in [0.2, 0.25) is 0 Å². The maximum atomic E-state index is 13.8. The number of halogens is 2. The summed E-state index contributed by atoms with van der Waals surface area (Å²) >= 11 is 0. The van der Waals surface area contributed by atoms with Gasteiger partial charge in [0.15, 0.2) is 4.90 Å². The maximum Gasteiger partial charge on any atom is 0.267 e. The van der Waals surface area contributed by atoms with Crippen LogP contribution in [-0.2, 0) is 17.1 Å². The van der Waals surface area contributed by atoms with E-state index in [1.807, 2.05) is 30.1 Å². The quantitative estimate of drug-likeness (QED) is 0.466. The monoisotopic (exact) mass is 441 g/mol. The number of hydrogen-bond donors (Lipinski definition) is 2. The molecular formula is C21H17F2N5O2S. The van der Waals surface area contributed by atoms with Gasteiger partial charge < -0.3 is 9.88 Å². The number of aromatic nitrogens is 3. The molecule has 7 nitrogen and oxygen atoms in total. The minimum Gasteiger partial charge on any atom is -0.357 e. The van der Waals surface area contributed by atoms with Crippen LogP contribution in [0, 0.1) is 11.6 Å². The van der Waals surface area contributed by atoms with E-state index < -0.39 is 26.6 Å². The zero-order chi connectivity index (χ0) is 22.0. The van der Waals surface area contributed by atoms with Gasteiger partial charge in [-0.05, 0) is 42.5 Å². The minimum absolute atomic E-state index is 0.154. The average Bonchev–Trinajstić information content (AvgIpc) is 3.16. The second-order valence-electron chi connectivity index (χ2n) is 6.71. The number of rotatable bonds is 6. The average molecular weight is 441 g/mol. The lowest BCUT2D eigenvalue weighted by atomic mass is 10.2. The van der Waals surface area contributed by atoms with E-state index in [0.29, 0.717) is 11.5 Å². The van der Waals surface area contributed by atoms with E-state index in [9.17, 15) is 17.2 Å². The number of benzene rings is 2. The molecule has 0 aliphatic heterocycles. The summed E-state index contributed by atoms with van der Waals surface area (Å²) in [6.45, 7) is 0. The van der Waals surface area contributed by atoms with Crippen LogP contribution < -0.4 is 10.0 Å². The highest BCUT2D eigenvalue weighted by Crippen LogP contribution is 2.25. The lowest BCUT2D eigenvalue weighted by Crippen LogP contribution is -2.16. The Balaban J connectivity index is 1.50. The Morgan fingerprint density at radius 1 is 0.935 bits per heavy atom. The smallest absolute Gasteiger partial charge is 0.267 e. The summed E-state index contributed by atoms with van der Waals surface area (Å²) in [4.78, 5) is 7.42. The van der Waals surface area contributed by atoms with Crippen molar-refractivity contribution in [2.24, 2.45) is 7.05 Å². The van der Waals surface area contributed by atoms with Gasteiger partial charge in [0, 0.05) is 42.4 Å². The molecule has 0 saturated heterocycles. The second kappa shape index (κ2) is 8.15. The van der Waals surface area contributed by atoms with Crippen LogP contribution in [-0.4, -0.2) is 23.0 Å². The molecule has 4 rings (SSSR count). The van der Waals surface area contributed by atoms with Crippen LogP contribution in [0.2, 0.25) is 0 Å². The fraction of sp³-hybridized carbons (Fsp3) is 0.0476. The van der Waals surface area contributed by atoms with Gasteiger partial charge in [0.1, 0.15) is 23.8 Å². The number of nitrogens with zero attached hydrogens (tertiary/aromatic N) is 3. The van der Waals surface area contributed by atoms with Crippen molar-refractivity contribution >= 4 is 27.2 Å². The van der Waals surface area contributed by atoms with E-state index in [2.05, 4.69) is 20.0 Å². The number of anilines is 3. The van der Waals surface area contributed by atoms with Crippen molar-refractivity contribution in [1.82, 2.24) is 14.5 Å². The van der Waals surface area contributed by atoms with Crippen molar-refractivity contribution in [1.29, 1.82) is 0 Å². The molecule has 0 aliphatic carbocycles. The maximum absolute atomic E-state index is 13.8. The summed E-state index contributed by atoms with van der Waals surface area (Å²) in [5.41, 5.74) is 2.48. The lowest BCUT2D eigenvalue weighted by Gasteiger charge is -2.11. The van der Waals surface area contributed by atoms with Crippen LogP contribution in [0.5, 0.6) is 0 Å². The van der Waals surface area contributed by atoms with Crippen LogP contribution in [0.3, 0.4) is 0 Å². The van der Waals surface area contributed by atoms with Crippen LogP contribution in [0.15, 0.2) is 78.2 Å². The fourth-order valence-corrected chi connectivity index (χ4v) is 4.15. The molecule has 0 saturated carbocycles. The number of aryl methyl sites for hydroxylation is 1. The Hall–Kier alpha value is -3.79.